The van der Waals surface area contributed by atoms with Crippen molar-refractivity contribution < 1.29 is 42.9 Å². The first-order chi connectivity index (χ1) is 18.2. The second kappa shape index (κ2) is 16.1. The van der Waals surface area contributed by atoms with Crippen LogP contribution in [0.15, 0.2) is 18.2 Å². The van der Waals surface area contributed by atoms with Crippen molar-refractivity contribution in [2.24, 2.45) is 23.5 Å². The van der Waals surface area contributed by atoms with Crippen molar-refractivity contribution in [3.8, 4) is 11.5 Å². The van der Waals surface area contributed by atoms with Gasteiger partial charge in [0.1, 0.15) is 24.4 Å². The van der Waals surface area contributed by atoms with Crippen LogP contribution < -0.4 is 15.2 Å². The zero-order valence-corrected chi connectivity index (χ0v) is 24.6. The molecule has 0 heterocycles. The van der Waals surface area contributed by atoms with Gasteiger partial charge in [-0.3, -0.25) is 14.4 Å². The zero-order valence-electron chi connectivity index (χ0n) is 24.6. The quantitative estimate of drug-likeness (QED) is 0.249. The molecular formula is C29H45NO9. The molecule has 0 spiro atoms. The van der Waals surface area contributed by atoms with Crippen molar-refractivity contribution >= 4 is 24.1 Å². The summed E-state index contributed by atoms with van der Waals surface area (Å²) in [7, 11) is 0. The van der Waals surface area contributed by atoms with Gasteiger partial charge in [0.25, 0.3) is 0 Å². The molecule has 0 fully saturated rings. The van der Waals surface area contributed by atoms with Crippen molar-refractivity contribution in [3.05, 3.63) is 23.8 Å². The highest BCUT2D eigenvalue weighted by Crippen LogP contribution is 2.31. The molecule has 10 heteroatoms. The molecule has 0 bridgehead atoms. The topological polar surface area (TPSA) is 140 Å². The van der Waals surface area contributed by atoms with E-state index in [1.54, 1.807) is 40.7 Å². The third-order valence-corrected chi connectivity index (χ3v) is 6.68. The smallest absolute Gasteiger partial charge is 0.458 e. The predicted octanol–water partition coefficient (Wildman–Crippen LogP) is 4.98. The number of nitrogens with two attached hydrogens (primary N) is 1. The number of esters is 3. The van der Waals surface area contributed by atoms with Crippen molar-refractivity contribution in [2.75, 3.05) is 0 Å². The van der Waals surface area contributed by atoms with Gasteiger partial charge in [0.15, 0.2) is 11.5 Å². The van der Waals surface area contributed by atoms with E-state index in [-0.39, 0.29) is 41.8 Å². The summed E-state index contributed by atoms with van der Waals surface area (Å²) in [6, 6.07) is 3.61. The van der Waals surface area contributed by atoms with Crippen molar-refractivity contribution in [2.45, 2.75) is 106 Å². The van der Waals surface area contributed by atoms with E-state index in [1.165, 1.54) is 12.1 Å². The molecule has 0 radical (unpaired) electrons. The number of rotatable bonds is 14. The van der Waals surface area contributed by atoms with Gasteiger partial charge in [0.2, 0.25) is 0 Å². The maximum atomic E-state index is 12.7. The van der Waals surface area contributed by atoms with Crippen LogP contribution in [-0.2, 0) is 35.0 Å². The lowest BCUT2D eigenvalue weighted by Gasteiger charge is -2.23. The van der Waals surface area contributed by atoms with Gasteiger partial charge in [-0.2, -0.15) is 0 Å². The van der Waals surface area contributed by atoms with E-state index in [1.807, 2.05) is 27.7 Å². The van der Waals surface area contributed by atoms with Gasteiger partial charge in [-0.05, 0) is 63.6 Å². The maximum absolute atomic E-state index is 12.7. The Hall–Kier alpha value is -3.14. The number of carbonyl (C=O) groups is 4. The number of hydrogen-bond acceptors (Lipinski definition) is 10. The number of hydrogen-bond donors (Lipinski definition) is 1. The van der Waals surface area contributed by atoms with Crippen molar-refractivity contribution in [1.29, 1.82) is 0 Å². The first kappa shape index (κ1) is 33.9. The highest BCUT2D eigenvalue weighted by atomic mass is 16.7. The van der Waals surface area contributed by atoms with E-state index in [2.05, 4.69) is 0 Å². The molecule has 10 nitrogen and oxygen atoms in total. The van der Waals surface area contributed by atoms with Gasteiger partial charge >= 0.3 is 24.1 Å². The molecular weight excluding hydrogens is 506 g/mol. The highest BCUT2D eigenvalue weighted by Gasteiger charge is 2.26. The molecule has 0 aliphatic carbocycles. The molecule has 1 aromatic rings. The number of carbonyl (C=O) groups excluding carboxylic acids is 4. The van der Waals surface area contributed by atoms with Crippen LogP contribution in [0.25, 0.3) is 0 Å². The molecule has 0 saturated carbocycles. The van der Waals surface area contributed by atoms with Crippen LogP contribution in [0.3, 0.4) is 0 Å². The molecule has 0 saturated heterocycles. The van der Waals surface area contributed by atoms with Crippen LogP contribution in [0.5, 0.6) is 11.5 Å². The van der Waals surface area contributed by atoms with Crippen LogP contribution >= 0.6 is 0 Å². The molecule has 0 aliphatic rings. The van der Waals surface area contributed by atoms with Gasteiger partial charge in [-0.25, -0.2) is 4.79 Å². The summed E-state index contributed by atoms with van der Waals surface area (Å²) in [5, 5.41) is 0. The molecule has 220 valence electrons. The van der Waals surface area contributed by atoms with Gasteiger partial charge in [0.05, 0.1) is 11.8 Å². The van der Waals surface area contributed by atoms with Crippen LogP contribution in [0.2, 0.25) is 0 Å². The average Bonchev–Trinajstić information content (AvgIpc) is 2.88. The summed E-state index contributed by atoms with van der Waals surface area (Å²) in [5.74, 6) is -2.01. The lowest BCUT2D eigenvalue weighted by atomic mass is 10.1. The van der Waals surface area contributed by atoms with Gasteiger partial charge in [-0.15, -0.1) is 0 Å². The number of benzene rings is 1. The Morgan fingerprint density at radius 1 is 0.692 bits per heavy atom. The summed E-state index contributed by atoms with van der Waals surface area (Å²) in [4.78, 5) is 49.4. The molecule has 1 aromatic carbocycles. The maximum Gasteiger partial charge on any atom is 0.508 e. The largest absolute Gasteiger partial charge is 0.508 e. The summed E-state index contributed by atoms with van der Waals surface area (Å²) < 4.78 is 26.8. The summed E-state index contributed by atoms with van der Waals surface area (Å²) in [5.41, 5.74) is 6.66. The van der Waals surface area contributed by atoms with E-state index in [0.717, 1.165) is 0 Å². The molecule has 0 aromatic heterocycles. The molecule has 2 N–H and O–H groups in total. The van der Waals surface area contributed by atoms with E-state index in [4.69, 9.17) is 29.4 Å². The van der Waals surface area contributed by atoms with Crippen molar-refractivity contribution in [1.82, 2.24) is 0 Å². The Bertz CT molecular complexity index is 978. The minimum Gasteiger partial charge on any atom is -0.458 e. The fourth-order valence-corrected chi connectivity index (χ4v) is 2.86. The van der Waals surface area contributed by atoms with Gasteiger partial charge in [0, 0.05) is 0 Å². The Morgan fingerprint density at radius 2 is 1.18 bits per heavy atom. The Kier molecular flexibility index (Phi) is 14.0. The Balaban J connectivity index is 2.91. The fraction of sp³-hybridized carbons (Fsp3) is 0.655. The SMILES string of the molecule is CCC(C)C(=O)Oc1ccc(C[C@H](N)C(=O)O[C@@H](C)C(C)OC(=O)OC(C)C(C)C)cc1OC(=O)C(C)CC. The van der Waals surface area contributed by atoms with E-state index < -0.39 is 42.3 Å². The minimum atomic E-state index is -1.06. The first-order valence-corrected chi connectivity index (χ1v) is 13.6. The molecule has 0 aliphatic heterocycles. The molecule has 4 unspecified atom stereocenters. The third-order valence-electron chi connectivity index (χ3n) is 6.68. The standard InChI is InChI=1S/C29H45NO9/c1-10-17(5)26(31)38-24-13-12-22(15-25(24)39-27(32)18(6)11-2)14-23(30)28(33)35-20(8)21(9)37-29(34)36-19(7)16(3)4/h12-13,15-21,23H,10-11,14,30H2,1-9H3/t17?,18?,19?,20-,21?,23-/m0/s1. The lowest BCUT2D eigenvalue weighted by molar-refractivity contribution is -0.156. The molecule has 6 atom stereocenters. The zero-order chi connectivity index (χ0) is 29.9. The summed E-state index contributed by atoms with van der Waals surface area (Å²) in [6.45, 7) is 16.0. The monoisotopic (exact) mass is 551 g/mol. The average molecular weight is 552 g/mol. The third kappa shape index (κ3) is 11.2. The van der Waals surface area contributed by atoms with Crippen LogP contribution in [0.1, 0.15) is 80.7 Å². The second-order valence-electron chi connectivity index (χ2n) is 10.3. The summed E-state index contributed by atoms with van der Waals surface area (Å²) >= 11 is 0. The molecule has 1 rings (SSSR count). The van der Waals surface area contributed by atoms with E-state index in [0.29, 0.717) is 18.4 Å². The highest BCUT2D eigenvalue weighted by molar-refractivity contribution is 5.79. The Labute approximate surface area is 231 Å². The Morgan fingerprint density at radius 3 is 1.69 bits per heavy atom. The predicted molar refractivity (Wildman–Crippen MR) is 145 cm³/mol. The molecule has 39 heavy (non-hydrogen) atoms. The first-order valence-electron chi connectivity index (χ1n) is 13.6. The van der Waals surface area contributed by atoms with E-state index >= 15 is 0 Å². The summed E-state index contributed by atoms with van der Waals surface area (Å²) in [6.07, 6.45) is -1.48. The fourth-order valence-electron chi connectivity index (χ4n) is 2.86. The van der Waals surface area contributed by atoms with Crippen LogP contribution in [0.4, 0.5) is 4.79 Å². The minimum absolute atomic E-state index is 0.0577. The normalized spacial score (nSPS) is 15.8. The molecule has 0 amide bonds. The second-order valence-corrected chi connectivity index (χ2v) is 10.3. The van der Waals surface area contributed by atoms with E-state index in [9.17, 15) is 19.2 Å². The van der Waals surface area contributed by atoms with Gasteiger partial charge < -0.3 is 29.4 Å². The number of ether oxygens (including phenoxy) is 5. The van der Waals surface area contributed by atoms with Crippen molar-refractivity contribution in [3.63, 3.8) is 0 Å². The lowest BCUT2D eigenvalue weighted by Crippen LogP contribution is -2.39. The van der Waals surface area contributed by atoms with Gasteiger partial charge in [-0.1, -0.05) is 47.6 Å². The van der Waals surface area contributed by atoms with Crippen LogP contribution in [-0.4, -0.2) is 48.4 Å². The van der Waals surface area contributed by atoms with Crippen LogP contribution in [0, 0.1) is 17.8 Å².